The number of rotatable bonds is 6. The smallest absolute Gasteiger partial charge is 0.172 e. The van der Waals surface area contributed by atoms with Crippen molar-refractivity contribution in [2.45, 2.75) is 6.92 Å². The maximum Gasteiger partial charge on any atom is 0.172 e. The van der Waals surface area contributed by atoms with E-state index in [2.05, 4.69) is 4.98 Å². The Bertz CT molecular complexity index is 540. The first-order valence-corrected chi connectivity index (χ1v) is 6.03. The number of hydrogen-bond donors (Lipinski definition) is 0. The van der Waals surface area contributed by atoms with Crippen molar-refractivity contribution in [1.29, 1.82) is 0 Å². The number of benzene rings is 1. The first-order valence-electron chi connectivity index (χ1n) is 6.03. The number of hydrogen-bond acceptors (Lipinski definition) is 4. The van der Waals surface area contributed by atoms with Gasteiger partial charge in [0.1, 0.15) is 30.4 Å². The van der Waals surface area contributed by atoms with Gasteiger partial charge in [0.05, 0.1) is 0 Å². The summed E-state index contributed by atoms with van der Waals surface area (Å²) in [5.41, 5.74) is 1.11. The Labute approximate surface area is 112 Å². The summed E-state index contributed by atoms with van der Waals surface area (Å²) in [6.45, 7) is 2.60. The molecule has 0 fully saturated rings. The number of nitrogens with zero attached hydrogens (tertiary/aromatic N) is 1. The lowest BCUT2D eigenvalue weighted by atomic mass is 10.3. The summed E-state index contributed by atoms with van der Waals surface area (Å²) >= 11 is 0. The second kappa shape index (κ2) is 6.54. The van der Waals surface area contributed by atoms with Crippen LogP contribution in [0.25, 0.3) is 0 Å². The highest BCUT2D eigenvalue weighted by atomic mass is 16.5. The highest BCUT2D eigenvalue weighted by molar-refractivity contribution is 5.76. The van der Waals surface area contributed by atoms with Gasteiger partial charge in [0.25, 0.3) is 0 Å². The summed E-state index contributed by atoms with van der Waals surface area (Å²) in [6.07, 6.45) is 0.695. The number of pyridine rings is 1. The Kier molecular flexibility index (Phi) is 4.50. The molecule has 0 unspecified atom stereocenters. The van der Waals surface area contributed by atoms with Crippen LogP contribution in [0.15, 0.2) is 42.5 Å². The van der Waals surface area contributed by atoms with E-state index < -0.39 is 0 Å². The summed E-state index contributed by atoms with van der Waals surface area (Å²) < 4.78 is 11.0. The molecule has 19 heavy (non-hydrogen) atoms. The molecule has 0 saturated heterocycles. The third-order valence-electron chi connectivity index (χ3n) is 2.49. The fourth-order valence-corrected chi connectivity index (χ4v) is 1.60. The van der Waals surface area contributed by atoms with Crippen molar-refractivity contribution in [3.05, 3.63) is 53.9 Å². The van der Waals surface area contributed by atoms with Crippen LogP contribution in [0.1, 0.15) is 16.2 Å². The highest BCUT2D eigenvalue weighted by Crippen LogP contribution is 2.15. The molecule has 0 aliphatic rings. The molecule has 0 bridgehead atoms. The average Bonchev–Trinajstić information content (AvgIpc) is 2.46. The standard InChI is InChI=1S/C15H15NO3/c1-12-7-8-15(14(11-17)16-12)19-10-9-18-13-5-3-2-4-6-13/h2-8,11H,9-10H2,1H3. The Morgan fingerprint density at radius 3 is 2.53 bits per heavy atom. The van der Waals surface area contributed by atoms with Gasteiger partial charge in [-0.3, -0.25) is 4.79 Å². The van der Waals surface area contributed by atoms with Crippen molar-refractivity contribution in [2.24, 2.45) is 0 Å². The van der Waals surface area contributed by atoms with E-state index >= 15 is 0 Å². The normalized spacial score (nSPS) is 9.95. The molecule has 0 amide bonds. The molecule has 4 nitrogen and oxygen atoms in total. The van der Waals surface area contributed by atoms with Crippen LogP contribution in [-0.4, -0.2) is 24.5 Å². The van der Waals surface area contributed by atoms with E-state index in [0.717, 1.165) is 11.4 Å². The predicted molar refractivity (Wildman–Crippen MR) is 71.8 cm³/mol. The summed E-state index contributed by atoms with van der Waals surface area (Å²) in [4.78, 5) is 15.0. The molecular formula is C15H15NO3. The number of aryl methyl sites for hydroxylation is 1. The maximum absolute atomic E-state index is 10.9. The van der Waals surface area contributed by atoms with Crippen molar-refractivity contribution in [3.63, 3.8) is 0 Å². The first-order chi connectivity index (χ1) is 9.29. The molecule has 4 heteroatoms. The molecule has 0 aliphatic heterocycles. The maximum atomic E-state index is 10.9. The molecule has 0 saturated carbocycles. The van der Waals surface area contributed by atoms with Gasteiger partial charge in [0.15, 0.2) is 6.29 Å². The molecule has 1 aromatic carbocycles. The summed E-state index contributed by atoms with van der Waals surface area (Å²) in [7, 11) is 0. The largest absolute Gasteiger partial charge is 0.490 e. The van der Waals surface area contributed by atoms with E-state index in [1.54, 1.807) is 12.1 Å². The molecule has 1 aromatic heterocycles. The van der Waals surface area contributed by atoms with Crippen LogP contribution >= 0.6 is 0 Å². The van der Waals surface area contributed by atoms with Crippen molar-refractivity contribution >= 4 is 6.29 Å². The van der Waals surface area contributed by atoms with Crippen molar-refractivity contribution < 1.29 is 14.3 Å². The molecule has 0 spiro atoms. The topological polar surface area (TPSA) is 48.4 Å². The highest BCUT2D eigenvalue weighted by Gasteiger charge is 2.04. The van der Waals surface area contributed by atoms with Crippen molar-refractivity contribution in [2.75, 3.05) is 13.2 Å². The van der Waals surface area contributed by atoms with Crippen LogP contribution in [0.5, 0.6) is 11.5 Å². The molecule has 0 aliphatic carbocycles. The lowest BCUT2D eigenvalue weighted by Gasteiger charge is -2.09. The molecular weight excluding hydrogens is 242 g/mol. The fraction of sp³-hybridized carbons (Fsp3) is 0.200. The van der Waals surface area contributed by atoms with Gasteiger partial charge in [0, 0.05) is 5.69 Å². The van der Waals surface area contributed by atoms with Crippen LogP contribution in [0.3, 0.4) is 0 Å². The minimum absolute atomic E-state index is 0.319. The van der Waals surface area contributed by atoms with Crippen LogP contribution in [0, 0.1) is 6.92 Å². The van der Waals surface area contributed by atoms with E-state index in [4.69, 9.17) is 9.47 Å². The molecule has 1 heterocycles. The number of aromatic nitrogens is 1. The van der Waals surface area contributed by atoms with E-state index in [0.29, 0.717) is 30.9 Å². The first kappa shape index (κ1) is 13.1. The number of para-hydroxylation sites is 1. The van der Waals surface area contributed by atoms with E-state index in [1.165, 1.54) is 0 Å². The van der Waals surface area contributed by atoms with Gasteiger partial charge in [-0.15, -0.1) is 0 Å². The summed E-state index contributed by atoms with van der Waals surface area (Å²) in [5, 5.41) is 0. The van der Waals surface area contributed by atoms with Crippen LogP contribution in [0.4, 0.5) is 0 Å². The third-order valence-corrected chi connectivity index (χ3v) is 2.49. The monoisotopic (exact) mass is 257 g/mol. The van der Waals surface area contributed by atoms with Gasteiger partial charge >= 0.3 is 0 Å². The molecule has 0 radical (unpaired) electrons. The second-order valence-electron chi connectivity index (χ2n) is 3.96. The van der Waals surface area contributed by atoms with Gasteiger partial charge in [-0.2, -0.15) is 0 Å². The van der Waals surface area contributed by atoms with Gasteiger partial charge in [-0.1, -0.05) is 18.2 Å². The molecule has 2 rings (SSSR count). The minimum Gasteiger partial charge on any atom is -0.490 e. The number of aldehydes is 1. The van der Waals surface area contributed by atoms with Gasteiger partial charge < -0.3 is 9.47 Å². The molecule has 0 atom stereocenters. The van der Waals surface area contributed by atoms with Crippen molar-refractivity contribution in [3.8, 4) is 11.5 Å². The summed E-state index contributed by atoms with van der Waals surface area (Å²) in [6, 6.07) is 13.1. The SMILES string of the molecule is Cc1ccc(OCCOc2ccccc2)c(C=O)n1. The Balaban J connectivity index is 1.84. The predicted octanol–water partition coefficient (Wildman–Crippen LogP) is 2.66. The van der Waals surface area contributed by atoms with Crippen LogP contribution < -0.4 is 9.47 Å². The minimum atomic E-state index is 0.319. The zero-order valence-corrected chi connectivity index (χ0v) is 10.7. The van der Waals surface area contributed by atoms with E-state index in [1.807, 2.05) is 37.3 Å². The van der Waals surface area contributed by atoms with Gasteiger partial charge in [-0.25, -0.2) is 4.98 Å². The van der Waals surface area contributed by atoms with Crippen LogP contribution in [0.2, 0.25) is 0 Å². The Hall–Kier alpha value is -2.36. The summed E-state index contributed by atoms with van der Waals surface area (Å²) in [5.74, 6) is 1.28. The average molecular weight is 257 g/mol. The van der Waals surface area contributed by atoms with Crippen LogP contribution in [-0.2, 0) is 0 Å². The van der Waals surface area contributed by atoms with Crippen molar-refractivity contribution in [1.82, 2.24) is 4.98 Å². The van der Waals surface area contributed by atoms with E-state index in [9.17, 15) is 4.79 Å². The van der Waals surface area contributed by atoms with Gasteiger partial charge in [-0.05, 0) is 31.2 Å². The lowest BCUT2D eigenvalue weighted by molar-refractivity contribution is 0.111. The number of carbonyl (C=O) groups excluding carboxylic acids is 1. The number of ether oxygens (including phenoxy) is 2. The molecule has 98 valence electrons. The third kappa shape index (κ3) is 3.81. The zero-order chi connectivity index (χ0) is 13.5. The van der Waals surface area contributed by atoms with E-state index in [-0.39, 0.29) is 0 Å². The molecule has 0 N–H and O–H groups in total. The lowest BCUT2D eigenvalue weighted by Crippen LogP contribution is -2.10. The van der Waals surface area contributed by atoms with Gasteiger partial charge in [0.2, 0.25) is 0 Å². The quantitative estimate of drug-likeness (QED) is 0.589. The number of carbonyl (C=O) groups is 1. The Morgan fingerprint density at radius 2 is 1.79 bits per heavy atom. The Morgan fingerprint density at radius 1 is 1.05 bits per heavy atom. The zero-order valence-electron chi connectivity index (χ0n) is 10.7. The second-order valence-corrected chi connectivity index (χ2v) is 3.96. The molecule has 2 aromatic rings. The fourth-order valence-electron chi connectivity index (χ4n) is 1.60.